The Balaban J connectivity index is 2.24. The summed E-state index contributed by atoms with van der Waals surface area (Å²) in [6.07, 6.45) is 0. The van der Waals surface area contributed by atoms with Gasteiger partial charge in [0.25, 0.3) is 0 Å². The largest absolute Gasteiger partial charge is 0.507 e. The van der Waals surface area contributed by atoms with E-state index in [2.05, 4.69) is 5.32 Å². The molecule has 0 aliphatic heterocycles. The van der Waals surface area contributed by atoms with Crippen LogP contribution in [0.2, 0.25) is 5.02 Å². The molecule has 0 aliphatic carbocycles. The zero-order valence-corrected chi connectivity index (χ0v) is 12.5. The van der Waals surface area contributed by atoms with Crippen LogP contribution in [0.15, 0.2) is 36.4 Å². The van der Waals surface area contributed by atoms with E-state index in [4.69, 9.17) is 16.3 Å². The average Bonchev–Trinajstić information content (AvgIpc) is 2.43. The normalized spacial score (nSPS) is 12.0. The van der Waals surface area contributed by atoms with Gasteiger partial charge < -0.3 is 15.2 Å². The standard InChI is InChI=1S/C16H18ClNO2/c1-10-14(17)5-4-6-15(10)18-11(2)13-8-7-12(20-3)9-16(13)19/h4-9,11,18-19H,1-3H3. The van der Waals surface area contributed by atoms with Gasteiger partial charge in [0.05, 0.1) is 13.2 Å². The van der Waals surface area contributed by atoms with Crippen molar-refractivity contribution in [2.45, 2.75) is 19.9 Å². The fraction of sp³-hybridized carbons (Fsp3) is 0.250. The first-order valence-electron chi connectivity index (χ1n) is 6.41. The third kappa shape index (κ3) is 2.99. The van der Waals surface area contributed by atoms with E-state index in [9.17, 15) is 5.11 Å². The van der Waals surface area contributed by atoms with Gasteiger partial charge in [-0.05, 0) is 43.7 Å². The molecule has 0 aliphatic rings. The van der Waals surface area contributed by atoms with Crippen LogP contribution >= 0.6 is 11.6 Å². The van der Waals surface area contributed by atoms with Crippen LogP contribution in [-0.2, 0) is 0 Å². The van der Waals surface area contributed by atoms with Crippen LogP contribution in [0.3, 0.4) is 0 Å². The Bertz CT molecular complexity index is 613. The quantitative estimate of drug-likeness (QED) is 0.869. The van der Waals surface area contributed by atoms with Crippen molar-refractivity contribution in [3.8, 4) is 11.5 Å². The lowest BCUT2D eigenvalue weighted by atomic mass is 10.1. The Morgan fingerprint density at radius 2 is 2.00 bits per heavy atom. The van der Waals surface area contributed by atoms with Crippen molar-refractivity contribution in [2.75, 3.05) is 12.4 Å². The van der Waals surface area contributed by atoms with Crippen LogP contribution < -0.4 is 10.1 Å². The maximum atomic E-state index is 10.0. The number of nitrogens with one attached hydrogen (secondary N) is 1. The summed E-state index contributed by atoms with van der Waals surface area (Å²) in [6, 6.07) is 11.0. The molecule has 0 spiro atoms. The lowest BCUT2D eigenvalue weighted by molar-refractivity contribution is 0.406. The number of benzene rings is 2. The number of rotatable bonds is 4. The molecule has 1 atom stereocenters. The molecule has 3 nitrogen and oxygen atoms in total. The first-order chi connectivity index (χ1) is 9.52. The molecule has 2 N–H and O–H groups in total. The number of phenolic OH excluding ortho intramolecular Hbond substituents is 1. The maximum Gasteiger partial charge on any atom is 0.124 e. The van der Waals surface area contributed by atoms with Gasteiger partial charge in [-0.25, -0.2) is 0 Å². The molecule has 0 aromatic heterocycles. The van der Waals surface area contributed by atoms with Crippen LogP contribution in [0.1, 0.15) is 24.1 Å². The number of hydrogen-bond donors (Lipinski definition) is 2. The van der Waals surface area contributed by atoms with Gasteiger partial charge in [0, 0.05) is 22.3 Å². The summed E-state index contributed by atoms with van der Waals surface area (Å²) < 4.78 is 5.09. The molecule has 0 fully saturated rings. The van der Waals surface area contributed by atoms with E-state index in [0.29, 0.717) is 5.75 Å². The average molecular weight is 292 g/mol. The number of halogens is 1. The van der Waals surface area contributed by atoms with Crippen molar-refractivity contribution >= 4 is 17.3 Å². The first kappa shape index (κ1) is 14.5. The van der Waals surface area contributed by atoms with Crippen LogP contribution in [0, 0.1) is 6.92 Å². The van der Waals surface area contributed by atoms with Crippen LogP contribution in [-0.4, -0.2) is 12.2 Å². The third-order valence-electron chi connectivity index (χ3n) is 3.34. The monoisotopic (exact) mass is 291 g/mol. The van der Waals surface area contributed by atoms with Crippen LogP contribution in [0.4, 0.5) is 5.69 Å². The number of methoxy groups -OCH3 is 1. The van der Waals surface area contributed by atoms with Crippen LogP contribution in [0.5, 0.6) is 11.5 Å². The number of anilines is 1. The zero-order valence-electron chi connectivity index (χ0n) is 11.8. The second-order valence-corrected chi connectivity index (χ2v) is 5.11. The third-order valence-corrected chi connectivity index (χ3v) is 3.75. The molecular formula is C16H18ClNO2. The molecule has 1 unspecified atom stereocenters. The minimum atomic E-state index is -0.0435. The number of ether oxygens (including phenoxy) is 1. The Morgan fingerprint density at radius 3 is 2.65 bits per heavy atom. The zero-order chi connectivity index (χ0) is 14.7. The molecule has 2 aromatic rings. The summed E-state index contributed by atoms with van der Waals surface area (Å²) >= 11 is 6.11. The van der Waals surface area contributed by atoms with Crippen molar-refractivity contribution < 1.29 is 9.84 Å². The summed E-state index contributed by atoms with van der Waals surface area (Å²) in [5.41, 5.74) is 2.76. The number of aromatic hydroxyl groups is 1. The number of phenols is 1. The summed E-state index contributed by atoms with van der Waals surface area (Å²) in [7, 11) is 1.57. The molecule has 2 aromatic carbocycles. The molecule has 0 saturated heterocycles. The fourth-order valence-electron chi connectivity index (χ4n) is 2.09. The minimum Gasteiger partial charge on any atom is -0.507 e. The molecule has 0 bridgehead atoms. The van der Waals surface area contributed by atoms with Gasteiger partial charge >= 0.3 is 0 Å². The van der Waals surface area contributed by atoms with Gasteiger partial charge in [-0.2, -0.15) is 0 Å². The van der Waals surface area contributed by atoms with E-state index in [-0.39, 0.29) is 11.8 Å². The summed E-state index contributed by atoms with van der Waals surface area (Å²) in [5, 5.41) is 14.1. The van der Waals surface area contributed by atoms with Crippen molar-refractivity contribution in [2.24, 2.45) is 0 Å². The van der Waals surface area contributed by atoms with E-state index >= 15 is 0 Å². The molecular weight excluding hydrogens is 274 g/mol. The fourth-order valence-corrected chi connectivity index (χ4v) is 2.27. The van der Waals surface area contributed by atoms with Gasteiger partial charge in [0.1, 0.15) is 11.5 Å². The highest BCUT2D eigenvalue weighted by molar-refractivity contribution is 6.31. The molecule has 20 heavy (non-hydrogen) atoms. The Labute approximate surface area is 124 Å². The Kier molecular flexibility index (Phi) is 4.40. The minimum absolute atomic E-state index is 0.0435. The molecule has 106 valence electrons. The highest BCUT2D eigenvalue weighted by atomic mass is 35.5. The molecule has 0 radical (unpaired) electrons. The molecule has 4 heteroatoms. The first-order valence-corrected chi connectivity index (χ1v) is 6.79. The predicted octanol–water partition coefficient (Wildman–Crippen LogP) is 4.54. The second-order valence-electron chi connectivity index (χ2n) is 4.70. The van der Waals surface area contributed by atoms with Crippen molar-refractivity contribution in [1.29, 1.82) is 0 Å². The molecule has 0 saturated carbocycles. The van der Waals surface area contributed by atoms with Crippen molar-refractivity contribution in [1.82, 2.24) is 0 Å². The summed E-state index contributed by atoms with van der Waals surface area (Å²) in [4.78, 5) is 0. The summed E-state index contributed by atoms with van der Waals surface area (Å²) in [6.45, 7) is 3.95. The van der Waals surface area contributed by atoms with E-state index in [1.807, 2.05) is 44.2 Å². The Morgan fingerprint density at radius 1 is 1.25 bits per heavy atom. The second kappa shape index (κ2) is 6.06. The Hall–Kier alpha value is -1.87. The predicted molar refractivity (Wildman–Crippen MR) is 82.9 cm³/mol. The van der Waals surface area contributed by atoms with Crippen molar-refractivity contribution in [3.05, 3.63) is 52.5 Å². The van der Waals surface area contributed by atoms with Gasteiger partial charge in [-0.1, -0.05) is 17.7 Å². The lowest BCUT2D eigenvalue weighted by Crippen LogP contribution is -2.08. The lowest BCUT2D eigenvalue weighted by Gasteiger charge is -2.19. The van der Waals surface area contributed by atoms with E-state index in [1.54, 1.807) is 13.2 Å². The van der Waals surface area contributed by atoms with Gasteiger partial charge in [-0.3, -0.25) is 0 Å². The summed E-state index contributed by atoms with van der Waals surface area (Å²) in [5.74, 6) is 0.849. The number of hydrogen-bond acceptors (Lipinski definition) is 3. The van der Waals surface area contributed by atoms with Gasteiger partial charge in [0.15, 0.2) is 0 Å². The van der Waals surface area contributed by atoms with Crippen molar-refractivity contribution in [3.63, 3.8) is 0 Å². The smallest absolute Gasteiger partial charge is 0.124 e. The topological polar surface area (TPSA) is 41.5 Å². The van der Waals surface area contributed by atoms with Gasteiger partial charge in [0.2, 0.25) is 0 Å². The highest BCUT2D eigenvalue weighted by Crippen LogP contribution is 2.32. The molecule has 0 heterocycles. The SMILES string of the molecule is COc1ccc(C(C)Nc2cccc(Cl)c2C)c(O)c1. The van der Waals surface area contributed by atoms with Crippen LogP contribution in [0.25, 0.3) is 0 Å². The molecule has 0 amide bonds. The highest BCUT2D eigenvalue weighted by Gasteiger charge is 2.12. The maximum absolute atomic E-state index is 10.0. The van der Waals surface area contributed by atoms with E-state index in [1.165, 1.54) is 0 Å². The van der Waals surface area contributed by atoms with E-state index in [0.717, 1.165) is 21.8 Å². The van der Waals surface area contributed by atoms with E-state index < -0.39 is 0 Å². The molecule has 2 rings (SSSR count). The van der Waals surface area contributed by atoms with Gasteiger partial charge in [-0.15, -0.1) is 0 Å².